The van der Waals surface area contributed by atoms with Crippen LogP contribution in [0.4, 0.5) is 0 Å². The van der Waals surface area contributed by atoms with Crippen LogP contribution in [0.25, 0.3) is 23.1 Å². The van der Waals surface area contributed by atoms with Gasteiger partial charge in [0, 0.05) is 5.39 Å². The quantitative estimate of drug-likeness (QED) is 0.745. The fourth-order valence-corrected chi connectivity index (χ4v) is 2.14. The van der Waals surface area contributed by atoms with Crippen LogP contribution >= 0.6 is 0 Å². The molecule has 0 unspecified atom stereocenters. The van der Waals surface area contributed by atoms with Crippen LogP contribution in [0.2, 0.25) is 0 Å². The second kappa shape index (κ2) is 6.10. The van der Waals surface area contributed by atoms with Gasteiger partial charge in [0.05, 0.1) is 11.2 Å². The number of ether oxygens (including phenoxy) is 1. The van der Waals surface area contributed by atoms with Crippen molar-refractivity contribution in [2.75, 3.05) is 0 Å². The molecule has 1 aromatic heterocycles. The molecule has 0 radical (unpaired) electrons. The summed E-state index contributed by atoms with van der Waals surface area (Å²) in [6.45, 7) is 0.285. The molecule has 0 aliphatic carbocycles. The van der Waals surface area contributed by atoms with E-state index in [2.05, 4.69) is 4.98 Å². The number of nitrogens with zero attached hydrogens (tertiary/aromatic N) is 1. The normalized spacial score (nSPS) is 10.9. The molecule has 0 amide bonds. The fraction of sp³-hybridized carbons (Fsp3) is 0. The highest BCUT2D eigenvalue weighted by atomic mass is 16.5. The van der Waals surface area contributed by atoms with Crippen LogP contribution < -0.4 is 4.74 Å². The van der Waals surface area contributed by atoms with Crippen molar-refractivity contribution in [2.45, 2.75) is 0 Å². The molecule has 0 aliphatic heterocycles. The van der Waals surface area contributed by atoms with Crippen molar-refractivity contribution in [3.8, 4) is 11.5 Å². The number of fused-ring (bicyclic) bond motifs is 1. The molecule has 0 saturated carbocycles. The van der Waals surface area contributed by atoms with Gasteiger partial charge in [0.2, 0.25) is 0 Å². The lowest BCUT2D eigenvalue weighted by Gasteiger charge is -2.02. The molecule has 4 nitrogen and oxygen atoms in total. The van der Waals surface area contributed by atoms with Crippen LogP contribution in [0.15, 0.2) is 54.6 Å². The van der Waals surface area contributed by atoms with Gasteiger partial charge in [0.15, 0.2) is 11.5 Å². The van der Waals surface area contributed by atoms with Crippen molar-refractivity contribution in [3.05, 3.63) is 65.9 Å². The first-order valence-electron chi connectivity index (χ1n) is 6.73. The zero-order chi connectivity index (χ0) is 15.4. The number of aromatic nitrogens is 1. The summed E-state index contributed by atoms with van der Waals surface area (Å²) in [5, 5.41) is 10.6. The van der Waals surface area contributed by atoms with Crippen molar-refractivity contribution in [2.24, 2.45) is 0 Å². The molecule has 108 valence electrons. The van der Waals surface area contributed by atoms with Crippen LogP contribution in [0.3, 0.4) is 0 Å². The van der Waals surface area contributed by atoms with Gasteiger partial charge in [-0.15, -0.1) is 0 Å². The fourth-order valence-electron chi connectivity index (χ4n) is 2.14. The number of benzene rings is 2. The molecule has 1 N–H and O–H groups in total. The maximum atomic E-state index is 10.4. The van der Waals surface area contributed by atoms with Gasteiger partial charge in [-0.25, -0.2) is 4.98 Å². The van der Waals surface area contributed by atoms with E-state index in [4.69, 9.17) is 4.74 Å². The summed E-state index contributed by atoms with van der Waals surface area (Å²) in [7, 11) is 0. The second-order valence-corrected chi connectivity index (χ2v) is 4.70. The van der Waals surface area contributed by atoms with Crippen molar-refractivity contribution in [3.63, 3.8) is 0 Å². The summed E-state index contributed by atoms with van der Waals surface area (Å²) in [5.41, 5.74) is 2.55. The molecule has 0 aliphatic rings. The highest BCUT2D eigenvalue weighted by Gasteiger charge is 2.02. The molecule has 0 fully saturated rings. The third-order valence-electron chi connectivity index (χ3n) is 3.23. The van der Waals surface area contributed by atoms with Crippen LogP contribution in [-0.2, 0) is 4.79 Å². The van der Waals surface area contributed by atoms with Gasteiger partial charge in [-0.05, 0) is 35.9 Å². The zero-order valence-corrected chi connectivity index (χ0v) is 11.6. The van der Waals surface area contributed by atoms with E-state index in [0.717, 1.165) is 22.2 Å². The van der Waals surface area contributed by atoms with Crippen LogP contribution in [-0.4, -0.2) is 16.6 Å². The van der Waals surface area contributed by atoms with Crippen LogP contribution in [0.5, 0.6) is 11.5 Å². The largest absolute Gasteiger partial charge is 0.504 e. The average molecular weight is 291 g/mol. The molecule has 3 aromatic rings. The Morgan fingerprint density at radius 1 is 1.00 bits per heavy atom. The molecule has 0 atom stereocenters. The number of hydrogen-bond donors (Lipinski definition) is 1. The SMILES string of the molecule is O=COc1cc(/C=C/c2ccc3ccccc3n2)ccc1O. The van der Waals surface area contributed by atoms with Crippen molar-refractivity contribution in [1.82, 2.24) is 4.98 Å². The molecular weight excluding hydrogens is 278 g/mol. The Balaban J connectivity index is 1.88. The van der Waals surface area contributed by atoms with Gasteiger partial charge in [0.1, 0.15) is 0 Å². The Bertz CT molecular complexity index is 856. The number of aromatic hydroxyl groups is 1. The monoisotopic (exact) mass is 291 g/mol. The third-order valence-corrected chi connectivity index (χ3v) is 3.23. The first-order chi connectivity index (χ1) is 10.8. The Labute approximate surface area is 127 Å². The summed E-state index contributed by atoms with van der Waals surface area (Å²) < 4.78 is 4.71. The van der Waals surface area contributed by atoms with Gasteiger partial charge >= 0.3 is 0 Å². The van der Waals surface area contributed by atoms with Crippen molar-refractivity contribution >= 4 is 29.5 Å². The number of phenols is 1. The summed E-state index contributed by atoms with van der Waals surface area (Å²) in [5.74, 6) is 0.0525. The summed E-state index contributed by atoms with van der Waals surface area (Å²) in [6, 6.07) is 16.6. The van der Waals surface area contributed by atoms with E-state index in [1.54, 1.807) is 12.1 Å². The number of carbonyl (C=O) groups excluding carboxylic acids is 1. The maximum Gasteiger partial charge on any atom is 0.298 e. The van der Waals surface area contributed by atoms with E-state index in [9.17, 15) is 9.90 Å². The lowest BCUT2D eigenvalue weighted by Crippen LogP contribution is -1.89. The molecule has 22 heavy (non-hydrogen) atoms. The van der Waals surface area contributed by atoms with Gasteiger partial charge < -0.3 is 9.84 Å². The summed E-state index contributed by atoms with van der Waals surface area (Å²) in [4.78, 5) is 14.9. The topological polar surface area (TPSA) is 59.4 Å². The number of pyridine rings is 1. The molecule has 1 heterocycles. The number of hydrogen-bond acceptors (Lipinski definition) is 4. The first-order valence-corrected chi connectivity index (χ1v) is 6.73. The van der Waals surface area contributed by atoms with E-state index in [1.807, 2.05) is 48.6 Å². The van der Waals surface area contributed by atoms with Crippen molar-refractivity contribution < 1.29 is 14.6 Å². The lowest BCUT2D eigenvalue weighted by atomic mass is 10.1. The number of para-hydroxylation sites is 1. The standard InChI is InChI=1S/C18H13NO3/c20-12-22-18-11-13(6-10-17(18)21)5-8-15-9-7-14-3-1-2-4-16(14)19-15/h1-12,21H/b8-5+. The summed E-state index contributed by atoms with van der Waals surface area (Å²) in [6.07, 6.45) is 3.71. The highest BCUT2D eigenvalue weighted by molar-refractivity contribution is 5.81. The minimum absolute atomic E-state index is 0.0759. The molecule has 2 aromatic carbocycles. The minimum atomic E-state index is -0.0759. The smallest absolute Gasteiger partial charge is 0.298 e. The van der Waals surface area contributed by atoms with Gasteiger partial charge in [0.25, 0.3) is 6.47 Å². The Morgan fingerprint density at radius 2 is 1.86 bits per heavy atom. The van der Waals surface area contributed by atoms with E-state index in [0.29, 0.717) is 0 Å². The van der Waals surface area contributed by atoms with E-state index >= 15 is 0 Å². The summed E-state index contributed by atoms with van der Waals surface area (Å²) >= 11 is 0. The van der Waals surface area contributed by atoms with Crippen molar-refractivity contribution in [1.29, 1.82) is 0 Å². The Hall–Kier alpha value is -3.14. The van der Waals surface area contributed by atoms with Crippen LogP contribution in [0, 0.1) is 0 Å². The van der Waals surface area contributed by atoms with Gasteiger partial charge in [-0.3, -0.25) is 4.79 Å². The van der Waals surface area contributed by atoms with E-state index in [-0.39, 0.29) is 18.0 Å². The minimum Gasteiger partial charge on any atom is -0.504 e. The molecule has 3 rings (SSSR count). The molecule has 0 spiro atoms. The molecule has 0 bridgehead atoms. The molecule has 0 saturated heterocycles. The second-order valence-electron chi connectivity index (χ2n) is 4.70. The number of rotatable bonds is 4. The van der Waals surface area contributed by atoms with Gasteiger partial charge in [-0.2, -0.15) is 0 Å². The zero-order valence-electron chi connectivity index (χ0n) is 11.6. The number of carbonyl (C=O) groups is 1. The van der Waals surface area contributed by atoms with E-state index < -0.39 is 0 Å². The third kappa shape index (κ3) is 2.96. The highest BCUT2D eigenvalue weighted by Crippen LogP contribution is 2.27. The Morgan fingerprint density at radius 3 is 2.73 bits per heavy atom. The van der Waals surface area contributed by atoms with Gasteiger partial charge in [-0.1, -0.05) is 36.4 Å². The lowest BCUT2D eigenvalue weighted by molar-refractivity contribution is -0.120. The number of phenolic OH excluding ortho intramolecular Hbond substituents is 1. The van der Waals surface area contributed by atoms with E-state index in [1.165, 1.54) is 6.07 Å². The first kappa shape index (κ1) is 13.8. The average Bonchev–Trinajstić information content (AvgIpc) is 2.55. The predicted octanol–water partition coefficient (Wildman–Crippen LogP) is 3.65. The van der Waals surface area contributed by atoms with Crippen LogP contribution in [0.1, 0.15) is 11.3 Å². The molecular formula is C18H13NO3. The predicted molar refractivity (Wildman–Crippen MR) is 85.5 cm³/mol. The molecule has 4 heteroatoms. The maximum absolute atomic E-state index is 10.4. The Kier molecular flexibility index (Phi) is 3.83.